The van der Waals surface area contributed by atoms with Crippen molar-refractivity contribution in [1.82, 2.24) is 9.55 Å². The monoisotopic (exact) mass is 402 g/mol. The number of carbonyl (C=O) groups is 2. The Balaban J connectivity index is 1.73. The predicted octanol–water partition coefficient (Wildman–Crippen LogP) is 4.56. The van der Waals surface area contributed by atoms with Gasteiger partial charge in [0.15, 0.2) is 5.13 Å². The molecule has 140 valence electrons. The second kappa shape index (κ2) is 7.54. The third-order valence-corrected chi connectivity index (χ3v) is 5.66. The van der Waals surface area contributed by atoms with Crippen molar-refractivity contribution in [1.29, 1.82) is 0 Å². The second-order valence-corrected chi connectivity index (χ2v) is 7.65. The molecule has 0 radical (unpaired) electrons. The fraction of sp³-hybridized carbons (Fsp3) is 0.211. The van der Waals surface area contributed by atoms with E-state index >= 15 is 0 Å². The van der Waals surface area contributed by atoms with Gasteiger partial charge in [0.05, 0.1) is 22.5 Å². The second-order valence-electron chi connectivity index (χ2n) is 6.21. The molecule has 0 fully saturated rings. The van der Waals surface area contributed by atoms with Crippen LogP contribution in [-0.4, -0.2) is 21.4 Å². The number of aryl methyl sites for hydroxylation is 2. The Kier molecular flexibility index (Phi) is 5.34. The molecule has 1 aromatic carbocycles. The molecule has 3 rings (SSSR count). The number of anilines is 2. The summed E-state index contributed by atoms with van der Waals surface area (Å²) in [4.78, 5) is 29.5. The van der Waals surface area contributed by atoms with Crippen LogP contribution in [0.3, 0.4) is 0 Å². The van der Waals surface area contributed by atoms with Crippen LogP contribution in [-0.2, 0) is 7.05 Å². The summed E-state index contributed by atoms with van der Waals surface area (Å²) in [6, 6.07) is 7.23. The van der Waals surface area contributed by atoms with E-state index in [-0.39, 0.29) is 11.8 Å². The molecule has 0 saturated carbocycles. The Hall–Kier alpha value is -2.64. The number of nitrogens with one attached hydrogen (secondary N) is 2. The average Bonchev–Trinajstić information content (AvgIpc) is 3.18. The van der Waals surface area contributed by atoms with Crippen LogP contribution >= 0.6 is 22.9 Å². The highest BCUT2D eigenvalue weighted by Gasteiger charge is 2.18. The number of benzene rings is 1. The van der Waals surface area contributed by atoms with Crippen molar-refractivity contribution in [2.24, 2.45) is 7.05 Å². The summed E-state index contributed by atoms with van der Waals surface area (Å²) in [7, 11) is 1.91. The Morgan fingerprint density at radius 2 is 1.89 bits per heavy atom. The van der Waals surface area contributed by atoms with Crippen LogP contribution in [0.1, 0.15) is 37.0 Å². The van der Waals surface area contributed by atoms with Gasteiger partial charge in [-0.25, -0.2) is 4.98 Å². The number of hydrogen-bond donors (Lipinski definition) is 2. The lowest BCUT2D eigenvalue weighted by molar-refractivity contribution is 0.101. The van der Waals surface area contributed by atoms with Crippen LogP contribution in [0, 0.1) is 20.8 Å². The molecule has 2 amide bonds. The number of aromatic nitrogens is 2. The molecule has 0 aliphatic rings. The van der Waals surface area contributed by atoms with Crippen molar-refractivity contribution in [2.75, 3.05) is 10.6 Å². The van der Waals surface area contributed by atoms with Crippen LogP contribution in [0.5, 0.6) is 0 Å². The first-order valence-electron chi connectivity index (χ1n) is 8.24. The minimum Gasteiger partial charge on any atom is -0.351 e. The van der Waals surface area contributed by atoms with Gasteiger partial charge in [0.1, 0.15) is 4.88 Å². The first-order valence-corrected chi connectivity index (χ1v) is 9.44. The van der Waals surface area contributed by atoms with Crippen molar-refractivity contribution in [3.63, 3.8) is 0 Å². The highest BCUT2D eigenvalue weighted by atomic mass is 35.5. The van der Waals surface area contributed by atoms with Crippen molar-refractivity contribution < 1.29 is 9.59 Å². The molecule has 0 atom stereocenters. The van der Waals surface area contributed by atoms with Crippen LogP contribution in [0.2, 0.25) is 5.02 Å². The molecule has 27 heavy (non-hydrogen) atoms. The quantitative estimate of drug-likeness (QED) is 0.671. The van der Waals surface area contributed by atoms with E-state index in [1.165, 1.54) is 6.20 Å². The molecule has 6 nitrogen and oxygen atoms in total. The Bertz CT molecular complexity index is 1020. The molecule has 0 unspecified atom stereocenters. The minimum absolute atomic E-state index is 0.251. The van der Waals surface area contributed by atoms with Crippen LogP contribution in [0.25, 0.3) is 0 Å². The van der Waals surface area contributed by atoms with Crippen molar-refractivity contribution >= 4 is 45.6 Å². The Labute approximate surface area is 166 Å². The highest BCUT2D eigenvalue weighted by Crippen LogP contribution is 2.27. The third-order valence-electron chi connectivity index (χ3n) is 4.43. The number of thiazole rings is 1. The maximum Gasteiger partial charge on any atom is 0.267 e. The number of halogens is 1. The fourth-order valence-corrected chi connectivity index (χ4v) is 3.63. The first-order chi connectivity index (χ1) is 12.8. The summed E-state index contributed by atoms with van der Waals surface area (Å²) in [5.74, 6) is -0.574. The van der Waals surface area contributed by atoms with Gasteiger partial charge in [-0.1, -0.05) is 35.1 Å². The SMILES string of the molecule is Cc1cccc(Cl)c1NC(=O)c1cnc(NC(=O)c2cc(C)n(C)c2C)s1. The first kappa shape index (κ1) is 19.1. The summed E-state index contributed by atoms with van der Waals surface area (Å²) < 4.78 is 1.95. The average molecular weight is 403 g/mol. The van der Waals surface area contributed by atoms with E-state index < -0.39 is 0 Å². The summed E-state index contributed by atoms with van der Waals surface area (Å²) in [5, 5.41) is 6.38. The van der Waals surface area contributed by atoms with E-state index in [0.29, 0.717) is 26.3 Å². The van der Waals surface area contributed by atoms with Crippen molar-refractivity contribution in [3.8, 4) is 0 Å². The summed E-state index contributed by atoms with van der Waals surface area (Å²) in [6.45, 7) is 5.69. The van der Waals surface area contributed by atoms with Gasteiger partial charge in [0.25, 0.3) is 11.8 Å². The van der Waals surface area contributed by atoms with E-state index in [2.05, 4.69) is 15.6 Å². The molecule has 3 aromatic rings. The smallest absolute Gasteiger partial charge is 0.267 e. The molecule has 0 spiro atoms. The van der Waals surface area contributed by atoms with E-state index in [9.17, 15) is 9.59 Å². The van der Waals surface area contributed by atoms with Gasteiger partial charge in [-0.05, 0) is 38.5 Å². The van der Waals surface area contributed by atoms with Crippen LogP contribution < -0.4 is 10.6 Å². The maximum atomic E-state index is 12.5. The number of nitrogens with zero attached hydrogens (tertiary/aromatic N) is 2. The standard InChI is InChI=1S/C19H19ClN4O2S/c1-10-6-5-7-14(20)16(10)22-18(26)15-9-21-19(27-15)23-17(25)13-8-11(2)24(4)12(13)3/h5-9H,1-4H3,(H,22,26)(H,21,23,25). The van der Waals surface area contributed by atoms with Gasteiger partial charge in [0.2, 0.25) is 0 Å². The largest absolute Gasteiger partial charge is 0.351 e. The summed E-state index contributed by atoms with van der Waals surface area (Å²) in [6.07, 6.45) is 1.44. The lowest BCUT2D eigenvalue weighted by atomic mass is 10.2. The topological polar surface area (TPSA) is 76.0 Å². The zero-order valence-corrected chi connectivity index (χ0v) is 17.0. The van der Waals surface area contributed by atoms with Crippen molar-refractivity contribution in [3.05, 3.63) is 62.9 Å². The number of carbonyl (C=O) groups excluding carboxylic acids is 2. The van der Waals surface area contributed by atoms with E-state index in [4.69, 9.17) is 11.6 Å². The van der Waals surface area contributed by atoms with E-state index in [1.54, 1.807) is 6.07 Å². The molecular formula is C19H19ClN4O2S. The zero-order chi connectivity index (χ0) is 19.7. The normalized spacial score (nSPS) is 10.7. The zero-order valence-electron chi connectivity index (χ0n) is 15.4. The number of rotatable bonds is 4. The van der Waals surface area contributed by atoms with Gasteiger partial charge in [-0.15, -0.1) is 0 Å². The molecule has 2 aromatic heterocycles. The van der Waals surface area contributed by atoms with Crippen molar-refractivity contribution in [2.45, 2.75) is 20.8 Å². The maximum absolute atomic E-state index is 12.5. The number of hydrogen-bond acceptors (Lipinski definition) is 4. The Morgan fingerprint density at radius 3 is 2.52 bits per heavy atom. The van der Waals surface area contributed by atoms with E-state index in [1.807, 2.05) is 50.6 Å². The van der Waals surface area contributed by atoms with Gasteiger partial charge in [-0.3, -0.25) is 14.9 Å². The lowest BCUT2D eigenvalue weighted by Crippen LogP contribution is -2.13. The number of para-hydroxylation sites is 1. The molecule has 0 aliphatic carbocycles. The molecule has 0 saturated heterocycles. The van der Waals surface area contributed by atoms with Gasteiger partial charge in [0, 0.05) is 18.4 Å². The van der Waals surface area contributed by atoms with Gasteiger partial charge in [-0.2, -0.15) is 0 Å². The Morgan fingerprint density at radius 1 is 1.15 bits per heavy atom. The molecule has 2 N–H and O–H groups in total. The molecular weight excluding hydrogens is 384 g/mol. The molecule has 8 heteroatoms. The fourth-order valence-electron chi connectivity index (χ4n) is 2.65. The summed E-state index contributed by atoms with van der Waals surface area (Å²) in [5.41, 5.74) is 3.88. The summed E-state index contributed by atoms with van der Waals surface area (Å²) >= 11 is 7.25. The van der Waals surface area contributed by atoms with Crippen LogP contribution in [0.15, 0.2) is 30.5 Å². The molecule has 0 bridgehead atoms. The van der Waals surface area contributed by atoms with Gasteiger partial charge < -0.3 is 9.88 Å². The minimum atomic E-state index is -0.323. The molecule has 0 aliphatic heterocycles. The molecule has 2 heterocycles. The lowest BCUT2D eigenvalue weighted by Gasteiger charge is -2.08. The third kappa shape index (κ3) is 3.89. The number of amides is 2. The van der Waals surface area contributed by atoms with E-state index in [0.717, 1.165) is 28.3 Å². The predicted molar refractivity (Wildman–Crippen MR) is 109 cm³/mol. The highest BCUT2D eigenvalue weighted by molar-refractivity contribution is 7.17. The van der Waals surface area contributed by atoms with Crippen LogP contribution in [0.4, 0.5) is 10.8 Å². The van der Waals surface area contributed by atoms with Gasteiger partial charge >= 0.3 is 0 Å².